The van der Waals surface area contributed by atoms with Crippen LogP contribution in [-0.2, 0) is 9.59 Å². The van der Waals surface area contributed by atoms with E-state index < -0.39 is 12.0 Å². The van der Waals surface area contributed by atoms with Gasteiger partial charge in [0, 0.05) is 6.54 Å². The fraction of sp³-hybridized carbons (Fsp3) is 0.429. The van der Waals surface area contributed by atoms with E-state index in [0.717, 1.165) is 12.1 Å². The lowest BCUT2D eigenvalue weighted by molar-refractivity contribution is -0.147. The average molecular weight is 278 g/mol. The zero-order chi connectivity index (χ0) is 14.5. The summed E-state index contributed by atoms with van der Waals surface area (Å²) in [6, 6.07) is 6.59. The average Bonchev–Trinajstić information content (AvgIpc) is 2.94. The van der Waals surface area contributed by atoms with Gasteiger partial charge in [-0.05, 0) is 25.0 Å². The Morgan fingerprint density at radius 1 is 1.45 bits per heavy atom. The maximum absolute atomic E-state index is 12.1. The second-order valence-electron chi connectivity index (χ2n) is 4.64. The van der Waals surface area contributed by atoms with Crippen molar-refractivity contribution in [2.75, 3.05) is 25.5 Å². The Bertz CT molecular complexity index is 504. The number of amides is 1. The number of carbonyl (C=O) groups excluding carboxylic acids is 1. The number of rotatable bonds is 5. The van der Waals surface area contributed by atoms with Gasteiger partial charge in [-0.15, -0.1) is 0 Å². The molecule has 1 aliphatic rings. The van der Waals surface area contributed by atoms with Gasteiger partial charge in [-0.3, -0.25) is 4.79 Å². The van der Waals surface area contributed by atoms with Crippen LogP contribution < -0.4 is 10.1 Å². The lowest BCUT2D eigenvalue weighted by atomic mass is 10.2. The standard InChI is InChI=1S/C14H18N2O4/c1-20-12-7-3-2-5-10(12)15-9-13(17)16-8-4-6-11(16)14(18)19/h2-3,5,7,11,15H,4,6,8-9H2,1H3,(H,18,19). The topological polar surface area (TPSA) is 78.9 Å². The first-order chi connectivity index (χ1) is 9.63. The third kappa shape index (κ3) is 3.01. The fourth-order valence-corrected chi connectivity index (χ4v) is 2.39. The number of nitrogens with one attached hydrogen (secondary N) is 1. The largest absolute Gasteiger partial charge is 0.495 e. The maximum Gasteiger partial charge on any atom is 0.326 e. The molecule has 0 aromatic heterocycles. The molecule has 1 aliphatic heterocycles. The Morgan fingerprint density at radius 2 is 2.20 bits per heavy atom. The Kier molecular flexibility index (Phi) is 4.45. The van der Waals surface area contributed by atoms with Crippen molar-refractivity contribution in [1.29, 1.82) is 0 Å². The number of para-hydroxylation sites is 2. The van der Waals surface area contributed by atoms with Crippen molar-refractivity contribution in [3.8, 4) is 5.75 Å². The van der Waals surface area contributed by atoms with E-state index >= 15 is 0 Å². The molecule has 0 spiro atoms. The summed E-state index contributed by atoms with van der Waals surface area (Å²) in [4.78, 5) is 24.6. The lowest BCUT2D eigenvalue weighted by Gasteiger charge is -2.22. The van der Waals surface area contributed by atoms with Crippen LogP contribution >= 0.6 is 0 Å². The predicted molar refractivity (Wildman–Crippen MR) is 73.9 cm³/mol. The molecule has 1 fully saturated rings. The number of carboxylic acid groups (broad SMARTS) is 1. The number of carbonyl (C=O) groups is 2. The number of ether oxygens (including phenoxy) is 1. The van der Waals surface area contributed by atoms with Crippen LogP contribution in [0.2, 0.25) is 0 Å². The number of hydrogen-bond acceptors (Lipinski definition) is 4. The molecule has 0 aliphatic carbocycles. The molecule has 0 radical (unpaired) electrons. The fourth-order valence-electron chi connectivity index (χ4n) is 2.39. The summed E-state index contributed by atoms with van der Waals surface area (Å²) < 4.78 is 5.18. The highest BCUT2D eigenvalue weighted by atomic mass is 16.5. The smallest absolute Gasteiger partial charge is 0.326 e. The van der Waals surface area contributed by atoms with Gasteiger partial charge in [-0.2, -0.15) is 0 Å². The van der Waals surface area contributed by atoms with Gasteiger partial charge in [-0.25, -0.2) is 4.79 Å². The van der Waals surface area contributed by atoms with Crippen LogP contribution in [0.25, 0.3) is 0 Å². The van der Waals surface area contributed by atoms with Crippen LogP contribution in [-0.4, -0.2) is 48.1 Å². The number of anilines is 1. The number of methoxy groups -OCH3 is 1. The first-order valence-electron chi connectivity index (χ1n) is 6.52. The molecule has 0 bridgehead atoms. The molecule has 1 heterocycles. The highest BCUT2D eigenvalue weighted by Crippen LogP contribution is 2.23. The van der Waals surface area contributed by atoms with Crippen LogP contribution in [0.3, 0.4) is 0 Å². The molecule has 108 valence electrons. The molecule has 1 atom stereocenters. The van der Waals surface area contributed by atoms with E-state index in [1.54, 1.807) is 13.2 Å². The van der Waals surface area contributed by atoms with Crippen LogP contribution in [0.1, 0.15) is 12.8 Å². The Morgan fingerprint density at radius 3 is 2.90 bits per heavy atom. The van der Waals surface area contributed by atoms with Crippen molar-refractivity contribution >= 4 is 17.6 Å². The number of nitrogens with zero attached hydrogens (tertiary/aromatic N) is 1. The number of carboxylic acids is 1. The molecule has 1 unspecified atom stereocenters. The molecule has 0 saturated carbocycles. The summed E-state index contributed by atoms with van der Waals surface area (Å²) in [5.74, 6) is -0.495. The van der Waals surface area contributed by atoms with Gasteiger partial charge in [0.15, 0.2) is 0 Å². The van der Waals surface area contributed by atoms with Crippen molar-refractivity contribution in [1.82, 2.24) is 4.90 Å². The molecule has 1 aromatic carbocycles. The van der Waals surface area contributed by atoms with E-state index in [4.69, 9.17) is 9.84 Å². The SMILES string of the molecule is COc1ccccc1NCC(=O)N1CCCC1C(=O)O. The molecule has 20 heavy (non-hydrogen) atoms. The zero-order valence-corrected chi connectivity index (χ0v) is 11.3. The van der Waals surface area contributed by atoms with Crippen LogP contribution in [0, 0.1) is 0 Å². The molecular formula is C14H18N2O4. The third-order valence-corrected chi connectivity index (χ3v) is 3.40. The van der Waals surface area contributed by atoms with Crippen molar-refractivity contribution in [2.45, 2.75) is 18.9 Å². The molecule has 1 saturated heterocycles. The van der Waals surface area contributed by atoms with Crippen molar-refractivity contribution in [2.24, 2.45) is 0 Å². The van der Waals surface area contributed by atoms with Crippen molar-refractivity contribution in [3.05, 3.63) is 24.3 Å². The Labute approximate surface area is 117 Å². The number of benzene rings is 1. The first-order valence-corrected chi connectivity index (χ1v) is 6.52. The quantitative estimate of drug-likeness (QED) is 0.845. The summed E-state index contributed by atoms with van der Waals surface area (Å²) in [6.45, 7) is 0.563. The molecule has 1 aromatic rings. The highest BCUT2D eigenvalue weighted by molar-refractivity contribution is 5.87. The summed E-state index contributed by atoms with van der Waals surface area (Å²) in [7, 11) is 1.56. The lowest BCUT2D eigenvalue weighted by Crippen LogP contribution is -2.43. The Hall–Kier alpha value is -2.24. The third-order valence-electron chi connectivity index (χ3n) is 3.40. The first kappa shape index (κ1) is 14.2. The van der Waals surface area contributed by atoms with Gasteiger partial charge in [0.2, 0.25) is 5.91 Å². The van der Waals surface area contributed by atoms with Gasteiger partial charge < -0.3 is 20.1 Å². The van der Waals surface area contributed by atoms with Gasteiger partial charge in [0.05, 0.1) is 19.3 Å². The van der Waals surface area contributed by atoms with Crippen LogP contribution in [0.15, 0.2) is 24.3 Å². The van der Waals surface area contributed by atoms with E-state index in [9.17, 15) is 9.59 Å². The molecule has 2 rings (SSSR count). The van der Waals surface area contributed by atoms with Gasteiger partial charge >= 0.3 is 5.97 Å². The minimum Gasteiger partial charge on any atom is -0.495 e. The summed E-state index contributed by atoms with van der Waals surface area (Å²) in [5.41, 5.74) is 0.717. The molecule has 6 heteroatoms. The minimum absolute atomic E-state index is 0.0597. The van der Waals surface area contributed by atoms with E-state index in [1.807, 2.05) is 18.2 Å². The van der Waals surface area contributed by atoms with Gasteiger partial charge in [0.25, 0.3) is 0 Å². The van der Waals surface area contributed by atoms with Crippen LogP contribution in [0.4, 0.5) is 5.69 Å². The second kappa shape index (κ2) is 6.27. The predicted octanol–water partition coefficient (Wildman–Crippen LogP) is 1.18. The van der Waals surface area contributed by atoms with E-state index in [1.165, 1.54) is 4.90 Å². The summed E-state index contributed by atoms with van der Waals surface area (Å²) in [5, 5.41) is 12.1. The molecular weight excluding hydrogens is 260 g/mol. The second-order valence-corrected chi connectivity index (χ2v) is 4.64. The Balaban J connectivity index is 1.97. The highest BCUT2D eigenvalue weighted by Gasteiger charge is 2.33. The number of hydrogen-bond donors (Lipinski definition) is 2. The molecule has 1 amide bonds. The van der Waals surface area contributed by atoms with E-state index in [2.05, 4.69) is 5.32 Å². The normalized spacial score (nSPS) is 17.9. The van der Waals surface area contributed by atoms with Crippen LogP contribution in [0.5, 0.6) is 5.75 Å². The van der Waals surface area contributed by atoms with Crippen molar-refractivity contribution in [3.63, 3.8) is 0 Å². The van der Waals surface area contributed by atoms with Gasteiger partial charge in [0.1, 0.15) is 11.8 Å². The number of likely N-dealkylation sites (tertiary alicyclic amines) is 1. The monoisotopic (exact) mass is 278 g/mol. The summed E-state index contributed by atoms with van der Waals surface area (Å²) in [6.07, 6.45) is 1.26. The summed E-state index contributed by atoms with van der Waals surface area (Å²) >= 11 is 0. The molecule has 6 nitrogen and oxygen atoms in total. The minimum atomic E-state index is -0.937. The number of aliphatic carboxylic acids is 1. The van der Waals surface area contributed by atoms with E-state index in [-0.39, 0.29) is 12.5 Å². The van der Waals surface area contributed by atoms with Gasteiger partial charge in [-0.1, -0.05) is 12.1 Å². The maximum atomic E-state index is 12.1. The van der Waals surface area contributed by atoms with Crippen molar-refractivity contribution < 1.29 is 19.4 Å². The zero-order valence-electron chi connectivity index (χ0n) is 11.3. The molecule has 2 N–H and O–H groups in total. The van der Waals surface area contributed by atoms with E-state index in [0.29, 0.717) is 18.7 Å².